The maximum Gasteiger partial charge on any atom is 0.437 e. The van der Waals surface area contributed by atoms with Crippen molar-refractivity contribution in [1.82, 2.24) is 39.5 Å². The van der Waals surface area contributed by atoms with Gasteiger partial charge in [-0.3, -0.25) is 23.5 Å². The quantitative estimate of drug-likeness (QED) is 0.120. The zero-order chi connectivity index (χ0) is 51.0. The second-order valence-electron chi connectivity index (χ2n) is 14.6. The third-order valence-electron chi connectivity index (χ3n) is 9.70. The van der Waals surface area contributed by atoms with Crippen LogP contribution in [0.4, 0.5) is 26.3 Å². The molecule has 0 unspecified atom stereocenters. The number of aromatic amines is 1. The summed E-state index contributed by atoms with van der Waals surface area (Å²) in [6, 6.07) is 31.7. The molecule has 24 heteroatoms. The van der Waals surface area contributed by atoms with Crippen molar-refractivity contribution in [3.63, 3.8) is 0 Å². The number of methoxy groups -OCH3 is 1. The van der Waals surface area contributed by atoms with Crippen LogP contribution in [-0.2, 0) is 25.4 Å². The van der Waals surface area contributed by atoms with Gasteiger partial charge in [0.25, 0.3) is 16.7 Å². The fourth-order valence-corrected chi connectivity index (χ4v) is 6.95. The molecule has 0 aliphatic carbocycles. The van der Waals surface area contributed by atoms with Crippen molar-refractivity contribution in [3.8, 4) is 63.5 Å². The van der Waals surface area contributed by atoms with Crippen molar-refractivity contribution in [2.24, 2.45) is 0 Å². The van der Waals surface area contributed by atoms with Crippen LogP contribution in [-0.4, -0.2) is 46.6 Å². The molecule has 0 radical (unpaired) electrons. The Morgan fingerprint density at radius 1 is 0.620 bits per heavy atom. The predicted molar refractivity (Wildman–Crippen MR) is 242 cm³/mol. The van der Waals surface area contributed by atoms with Gasteiger partial charge in [-0.25, -0.2) is 15.1 Å². The highest BCUT2D eigenvalue weighted by Gasteiger charge is 2.40. The van der Waals surface area contributed by atoms with Crippen molar-refractivity contribution >= 4 is 23.2 Å². The Kier molecular flexibility index (Phi) is 14.9. The average molecular weight is 1010 g/mol. The van der Waals surface area contributed by atoms with Gasteiger partial charge in [0, 0.05) is 32.3 Å². The number of hydrogen-bond donors (Lipinski definition) is 1. The van der Waals surface area contributed by atoms with Gasteiger partial charge < -0.3 is 14.2 Å². The predicted octanol–water partition coefficient (Wildman–Crippen LogP) is 9.47. The lowest BCUT2D eigenvalue weighted by atomic mass is 10.1. The standard InChI is InChI=1S/C24H15ClF3N5O3.C23H13ClF3N5O3/c1-35-22-16(9-19(31-32-22)15-5-3-2-4-6-15)12-33-13-30-21(24(26,27)28)20(23(33)34)36-18-8-14(11-29)7-17(25)10-18;24-16-6-13(10-28)7-17(9-16)35-19-20(23(25,26)27)29-12-32(22(19)34)11-15-8-18(30-31-21(15)33)14-4-2-1-3-5-14/h2-10,13H,12H2,1H3;1-9,12H,11H2,(H,31,33). The van der Waals surface area contributed by atoms with Crippen molar-refractivity contribution in [2.45, 2.75) is 25.4 Å². The van der Waals surface area contributed by atoms with Gasteiger partial charge in [-0.15, -0.1) is 10.2 Å². The average Bonchev–Trinajstić information content (AvgIpc) is 3.34. The number of nitriles is 2. The highest BCUT2D eigenvalue weighted by molar-refractivity contribution is 6.31. The molecule has 16 nitrogen and oxygen atoms in total. The maximum absolute atomic E-state index is 13.7. The minimum absolute atomic E-state index is 0.0158. The van der Waals surface area contributed by atoms with E-state index in [0.717, 1.165) is 39.2 Å². The van der Waals surface area contributed by atoms with E-state index in [4.69, 9.17) is 47.9 Å². The molecular weight excluding hydrogens is 985 g/mol. The van der Waals surface area contributed by atoms with Gasteiger partial charge in [-0.2, -0.15) is 42.0 Å². The number of H-pyrrole nitrogens is 1. The van der Waals surface area contributed by atoms with E-state index in [1.165, 1.54) is 31.4 Å². The molecule has 0 spiro atoms. The lowest BCUT2D eigenvalue weighted by molar-refractivity contribution is -0.143. The first-order chi connectivity index (χ1) is 33.8. The Labute approximate surface area is 405 Å². The van der Waals surface area contributed by atoms with Crippen molar-refractivity contribution in [2.75, 3.05) is 7.11 Å². The smallest absolute Gasteiger partial charge is 0.437 e. The van der Waals surface area contributed by atoms with Crippen LogP contribution in [0.3, 0.4) is 0 Å². The minimum atomic E-state index is -5.02. The van der Waals surface area contributed by atoms with Crippen LogP contribution < -0.4 is 30.9 Å². The molecule has 0 fully saturated rings. The number of aromatic nitrogens is 8. The molecule has 358 valence electrons. The molecule has 4 aromatic heterocycles. The van der Waals surface area contributed by atoms with Gasteiger partial charge in [0.05, 0.1) is 67.5 Å². The molecule has 4 aromatic carbocycles. The molecule has 0 saturated heterocycles. The van der Waals surface area contributed by atoms with Crippen molar-refractivity contribution in [1.29, 1.82) is 10.5 Å². The first kappa shape index (κ1) is 50.0. The van der Waals surface area contributed by atoms with Crippen LogP contribution in [0, 0.1) is 22.7 Å². The second kappa shape index (κ2) is 21.2. The summed E-state index contributed by atoms with van der Waals surface area (Å²) in [6.45, 7) is -0.644. The van der Waals surface area contributed by atoms with Crippen LogP contribution in [0.15, 0.2) is 136 Å². The fourth-order valence-electron chi connectivity index (χ4n) is 6.50. The molecule has 4 heterocycles. The van der Waals surface area contributed by atoms with Gasteiger partial charge in [-0.05, 0) is 48.5 Å². The number of nitrogens with one attached hydrogen (secondary N) is 1. The monoisotopic (exact) mass is 1010 g/mol. The Morgan fingerprint density at radius 3 is 1.52 bits per heavy atom. The molecular formula is C47H28Cl2F6N10O6. The van der Waals surface area contributed by atoms with E-state index in [-0.39, 0.29) is 50.7 Å². The number of benzene rings is 4. The highest BCUT2D eigenvalue weighted by atomic mass is 35.5. The van der Waals surface area contributed by atoms with Gasteiger partial charge >= 0.3 is 12.4 Å². The minimum Gasteiger partial charge on any atom is -0.480 e. The summed E-state index contributed by atoms with van der Waals surface area (Å²) in [6.07, 6.45) is -8.56. The lowest BCUT2D eigenvalue weighted by Crippen LogP contribution is -2.28. The summed E-state index contributed by atoms with van der Waals surface area (Å²) >= 11 is 11.8. The normalized spacial score (nSPS) is 11.1. The SMILES string of the molecule is COc1nnc(-c2ccccc2)cc1Cn1cnc(C(F)(F)F)c(Oc2cc(Cl)cc(C#N)c2)c1=O.N#Cc1cc(Cl)cc(Oc2c(C(F)(F)F)ncn(Cc3cc(-c4ccccc4)n[nH]c3=O)c2=O)c1. The molecule has 8 rings (SSSR count). The molecule has 0 saturated carbocycles. The van der Waals surface area contributed by atoms with E-state index in [1.54, 1.807) is 54.6 Å². The molecule has 1 N–H and O–H groups in total. The summed E-state index contributed by atoms with van der Waals surface area (Å²) in [7, 11) is 1.35. The number of halogens is 8. The summed E-state index contributed by atoms with van der Waals surface area (Å²) in [5, 5.41) is 32.6. The first-order valence-electron chi connectivity index (χ1n) is 20.1. The van der Waals surface area contributed by atoms with Gasteiger partial charge in [0.2, 0.25) is 17.4 Å². The molecule has 71 heavy (non-hydrogen) atoms. The van der Waals surface area contributed by atoms with E-state index in [2.05, 4.69) is 30.4 Å². The largest absolute Gasteiger partial charge is 0.480 e. The molecule has 0 bridgehead atoms. The van der Waals surface area contributed by atoms with Gasteiger partial charge in [0.1, 0.15) is 11.5 Å². The molecule has 0 atom stereocenters. The Hall–Kier alpha value is -8.86. The van der Waals surface area contributed by atoms with Crippen molar-refractivity contribution < 1.29 is 40.6 Å². The molecule has 0 amide bonds. The first-order valence-corrected chi connectivity index (χ1v) is 20.8. The van der Waals surface area contributed by atoms with E-state index in [9.17, 15) is 40.7 Å². The third-order valence-corrected chi connectivity index (χ3v) is 10.1. The summed E-state index contributed by atoms with van der Waals surface area (Å²) in [5.41, 5.74) is -3.25. The zero-order valence-electron chi connectivity index (χ0n) is 36.0. The number of ether oxygens (including phenoxy) is 3. The van der Waals surface area contributed by atoms with E-state index in [1.807, 2.05) is 24.3 Å². The van der Waals surface area contributed by atoms with Crippen molar-refractivity contribution in [3.05, 3.63) is 197 Å². The molecule has 0 aliphatic heterocycles. The topological polar surface area (TPSA) is 217 Å². The highest BCUT2D eigenvalue weighted by Crippen LogP contribution is 2.37. The summed E-state index contributed by atoms with van der Waals surface area (Å²) in [5.74, 6) is -2.60. The van der Waals surface area contributed by atoms with Gasteiger partial charge in [0.15, 0.2) is 11.4 Å². The number of rotatable bonds is 11. The van der Waals surface area contributed by atoms with Gasteiger partial charge in [-0.1, -0.05) is 83.9 Å². The van der Waals surface area contributed by atoms with Crippen LogP contribution >= 0.6 is 23.2 Å². The fraction of sp³-hybridized carbons (Fsp3) is 0.106. The Morgan fingerprint density at radius 2 is 1.07 bits per heavy atom. The summed E-state index contributed by atoms with van der Waals surface area (Å²) in [4.78, 5) is 45.3. The molecule has 0 aliphatic rings. The lowest BCUT2D eigenvalue weighted by Gasteiger charge is -2.15. The number of alkyl halides is 6. The van der Waals surface area contributed by atoms with Crippen LogP contribution in [0.1, 0.15) is 33.6 Å². The van der Waals surface area contributed by atoms with E-state index < -0.39 is 58.5 Å². The van der Waals surface area contributed by atoms with Crippen LogP contribution in [0.2, 0.25) is 10.0 Å². The molecule has 8 aromatic rings. The Bertz CT molecular complexity index is 3540. The summed E-state index contributed by atoms with van der Waals surface area (Å²) < 4.78 is 99.3. The zero-order valence-corrected chi connectivity index (χ0v) is 37.5. The second-order valence-corrected chi connectivity index (χ2v) is 15.5. The Balaban J connectivity index is 0.000000209. The van der Waals surface area contributed by atoms with E-state index in [0.29, 0.717) is 28.8 Å². The number of nitrogens with zero attached hydrogens (tertiary/aromatic N) is 9. The maximum atomic E-state index is 13.7. The number of hydrogen-bond acceptors (Lipinski definition) is 13. The van der Waals surface area contributed by atoms with Crippen LogP contribution in [0.5, 0.6) is 28.9 Å². The van der Waals surface area contributed by atoms with E-state index >= 15 is 0 Å². The van der Waals surface area contributed by atoms with Crippen LogP contribution in [0.25, 0.3) is 22.5 Å². The third kappa shape index (κ3) is 12.1.